The first-order valence-electron chi connectivity index (χ1n) is 11.0. The van der Waals surface area contributed by atoms with Crippen LogP contribution in [0.3, 0.4) is 0 Å². The molecular formula is C23H42O. The van der Waals surface area contributed by atoms with Crippen LogP contribution >= 0.6 is 0 Å². The first-order valence-corrected chi connectivity index (χ1v) is 11.0. The molecule has 2 fully saturated rings. The largest absolute Gasteiger partial charge is 0.299 e. The van der Waals surface area contributed by atoms with Gasteiger partial charge in [0, 0.05) is 11.3 Å². The van der Waals surface area contributed by atoms with E-state index in [1.807, 2.05) is 0 Å². The van der Waals surface area contributed by atoms with Crippen molar-refractivity contribution in [3.63, 3.8) is 0 Å². The van der Waals surface area contributed by atoms with Crippen LogP contribution < -0.4 is 0 Å². The third-order valence-corrected chi connectivity index (χ3v) is 7.47. The SMILES string of the molecule is CCCCCC1CCC(C2CCC(C(=O)C(C)(C)CC)CC2)CC1. The second kappa shape index (κ2) is 9.39. The molecule has 2 aliphatic rings. The minimum Gasteiger partial charge on any atom is -0.299 e. The zero-order chi connectivity index (χ0) is 17.6. The maximum Gasteiger partial charge on any atom is 0.141 e. The summed E-state index contributed by atoms with van der Waals surface area (Å²) in [7, 11) is 0. The quantitative estimate of drug-likeness (QED) is 0.429. The van der Waals surface area contributed by atoms with Crippen molar-refractivity contribution >= 4 is 5.78 Å². The van der Waals surface area contributed by atoms with Crippen molar-refractivity contribution in [2.45, 2.75) is 111 Å². The predicted octanol–water partition coefficient (Wildman–Crippen LogP) is 7.18. The van der Waals surface area contributed by atoms with E-state index in [1.165, 1.54) is 77.0 Å². The Labute approximate surface area is 151 Å². The second-order valence-electron chi connectivity index (χ2n) is 9.49. The topological polar surface area (TPSA) is 17.1 Å². The fourth-order valence-electron chi connectivity index (χ4n) is 5.21. The lowest BCUT2D eigenvalue weighted by Gasteiger charge is -2.39. The van der Waals surface area contributed by atoms with Gasteiger partial charge >= 0.3 is 0 Å². The summed E-state index contributed by atoms with van der Waals surface area (Å²) in [6.45, 7) is 8.74. The van der Waals surface area contributed by atoms with Crippen molar-refractivity contribution in [1.29, 1.82) is 0 Å². The molecule has 1 heteroatoms. The van der Waals surface area contributed by atoms with Gasteiger partial charge in [-0.2, -0.15) is 0 Å². The Balaban J connectivity index is 1.71. The lowest BCUT2D eigenvalue weighted by atomic mass is 9.66. The van der Waals surface area contributed by atoms with E-state index in [4.69, 9.17) is 0 Å². The number of hydrogen-bond donors (Lipinski definition) is 0. The molecule has 0 aliphatic heterocycles. The molecular weight excluding hydrogens is 292 g/mol. The standard InChI is InChI=1S/C23H42O/c1-5-7-8-9-18-10-12-19(13-11-18)20-14-16-21(17-15-20)22(24)23(3,4)6-2/h18-21H,5-17H2,1-4H3. The summed E-state index contributed by atoms with van der Waals surface area (Å²) in [5.74, 6) is 3.83. The van der Waals surface area contributed by atoms with Crippen molar-refractivity contribution in [3.05, 3.63) is 0 Å². The van der Waals surface area contributed by atoms with Crippen LogP contribution in [0.25, 0.3) is 0 Å². The number of unbranched alkanes of at least 4 members (excludes halogenated alkanes) is 2. The van der Waals surface area contributed by atoms with Crippen LogP contribution in [0.2, 0.25) is 0 Å². The number of rotatable bonds is 8. The molecule has 0 radical (unpaired) electrons. The zero-order valence-corrected chi connectivity index (χ0v) is 16.9. The first-order chi connectivity index (χ1) is 11.5. The Morgan fingerprint density at radius 1 is 0.833 bits per heavy atom. The molecule has 0 unspecified atom stereocenters. The third-order valence-electron chi connectivity index (χ3n) is 7.47. The molecule has 24 heavy (non-hydrogen) atoms. The van der Waals surface area contributed by atoms with Gasteiger partial charge in [-0.05, 0) is 62.7 Å². The van der Waals surface area contributed by atoms with Gasteiger partial charge in [-0.15, -0.1) is 0 Å². The van der Waals surface area contributed by atoms with Crippen LogP contribution in [0, 0.1) is 29.1 Å². The number of ketones is 1. The minimum atomic E-state index is -0.103. The summed E-state index contributed by atoms with van der Waals surface area (Å²) in [6, 6.07) is 0. The van der Waals surface area contributed by atoms with Crippen LogP contribution in [0.15, 0.2) is 0 Å². The summed E-state index contributed by atoms with van der Waals surface area (Å²) in [6.07, 6.45) is 17.6. The molecule has 0 bridgehead atoms. The maximum atomic E-state index is 12.7. The molecule has 0 heterocycles. The number of carbonyl (C=O) groups excluding carboxylic acids is 1. The molecule has 0 spiro atoms. The van der Waals surface area contributed by atoms with Gasteiger partial charge in [0.15, 0.2) is 0 Å². The molecule has 0 aromatic rings. The van der Waals surface area contributed by atoms with E-state index < -0.39 is 0 Å². The Bertz CT molecular complexity index is 367. The summed E-state index contributed by atoms with van der Waals surface area (Å²) >= 11 is 0. The average molecular weight is 335 g/mol. The van der Waals surface area contributed by atoms with E-state index in [-0.39, 0.29) is 5.41 Å². The Kier molecular flexibility index (Phi) is 7.82. The summed E-state index contributed by atoms with van der Waals surface area (Å²) in [5, 5.41) is 0. The van der Waals surface area contributed by atoms with Crippen LogP contribution in [-0.4, -0.2) is 5.78 Å². The second-order valence-corrected chi connectivity index (χ2v) is 9.49. The smallest absolute Gasteiger partial charge is 0.141 e. The third kappa shape index (κ3) is 5.33. The molecule has 0 aromatic heterocycles. The van der Waals surface area contributed by atoms with Gasteiger partial charge in [-0.1, -0.05) is 66.2 Å². The molecule has 2 saturated carbocycles. The van der Waals surface area contributed by atoms with Gasteiger partial charge < -0.3 is 0 Å². The van der Waals surface area contributed by atoms with Gasteiger partial charge in [0.1, 0.15) is 5.78 Å². The fourth-order valence-corrected chi connectivity index (χ4v) is 5.21. The lowest BCUT2D eigenvalue weighted by Crippen LogP contribution is -2.34. The van der Waals surface area contributed by atoms with Gasteiger partial charge in [-0.3, -0.25) is 4.79 Å². The lowest BCUT2D eigenvalue weighted by molar-refractivity contribution is -0.132. The average Bonchev–Trinajstić information content (AvgIpc) is 2.62. The van der Waals surface area contributed by atoms with Gasteiger partial charge in [0.05, 0.1) is 0 Å². The van der Waals surface area contributed by atoms with E-state index in [9.17, 15) is 4.79 Å². The monoisotopic (exact) mass is 334 g/mol. The number of Topliss-reactive ketones (excluding diaryl/α,β-unsaturated/α-hetero) is 1. The van der Waals surface area contributed by atoms with Crippen LogP contribution in [0.1, 0.15) is 111 Å². The van der Waals surface area contributed by atoms with E-state index in [0.29, 0.717) is 11.7 Å². The van der Waals surface area contributed by atoms with Gasteiger partial charge in [0.25, 0.3) is 0 Å². The van der Waals surface area contributed by atoms with Gasteiger partial charge in [0.2, 0.25) is 0 Å². The van der Waals surface area contributed by atoms with Crippen LogP contribution in [0.5, 0.6) is 0 Å². The summed E-state index contributed by atoms with van der Waals surface area (Å²) in [4.78, 5) is 12.7. The van der Waals surface area contributed by atoms with Gasteiger partial charge in [-0.25, -0.2) is 0 Å². The Hall–Kier alpha value is -0.330. The van der Waals surface area contributed by atoms with Crippen molar-refractivity contribution in [1.82, 2.24) is 0 Å². The van der Waals surface area contributed by atoms with Crippen molar-refractivity contribution in [2.75, 3.05) is 0 Å². The minimum absolute atomic E-state index is 0.103. The molecule has 0 saturated heterocycles. The molecule has 2 rings (SSSR count). The highest BCUT2D eigenvalue weighted by molar-refractivity contribution is 5.86. The predicted molar refractivity (Wildman–Crippen MR) is 104 cm³/mol. The molecule has 0 N–H and O–H groups in total. The Morgan fingerprint density at radius 2 is 1.38 bits per heavy atom. The van der Waals surface area contributed by atoms with Crippen molar-refractivity contribution in [3.8, 4) is 0 Å². The first kappa shape index (κ1) is 20.0. The van der Waals surface area contributed by atoms with Crippen LogP contribution in [0.4, 0.5) is 0 Å². The van der Waals surface area contributed by atoms with E-state index in [1.54, 1.807) is 0 Å². The van der Waals surface area contributed by atoms with Crippen LogP contribution in [-0.2, 0) is 4.79 Å². The normalized spacial score (nSPS) is 31.8. The molecule has 0 amide bonds. The maximum absolute atomic E-state index is 12.7. The molecule has 0 atom stereocenters. The number of carbonyl (C=O) groups is 1. The van der Waals surface area contributed by atoms with E-state index in [0.717, 1.165) is 24.2 Å². The van der Waals surface area contributed by atoms with E-state index >= 15 is 0 Å². The molecule has 140 valence electrons. The highest BCUT2D eigenvalue weighted by Gasteiger charge is 2.37. The summed E-state index contributed by atoms with van der Waals surface area (Å²) in [5.41, 5.74) is -0.103. The molecule has 1 nitrogen and oxygen atoms in total. The highest BCUT2D eigenvalue weighted by atomic mass is 16.1. The molecule has 2 aliphatic carbocycles. The van der Waals surface area contributed by atoms with E-state index in [2.05, 4.69) is 27.7 Å². The van der Waals surface area contributed by atoms with Crippen molar-refractivity contribution < 1.29 is 4.79 Å². The zero-order valence-electron chi connectivity index (χ0n) is 16.9. The summed E-state index contributed by atoms with van der Waals surface area (Å²) < 4.78 is 0. The highest BCUT2D eigenvalue weighted by Crippen LogP contribution is 2.43. The molecule has 0 aromatic carbocycles. The number of hydrogen-bond acceptors (Lipinski definition) is 1. The Morgan fingerprint density at radius 3 is 1.88 bits per heavy atom. The van der Waals surface area contributed by atoms with Crippen molar-refractivity contribution in [2.24, 2.45) is 29.1 Å². The fraction of sp³-hybridized carbons (Fsp3) is 0.957.